The third kappa shape index (κ3) is 2.81. The molecule has 2 aromatic rings. The van der Waals surface area contributed by atoms with Crippen molar-refractivity contribution in [2.24, 2.45) is 5.84 Å². The van der Waals surface area contributed by atoms with Crippen molar-refractivity contribution in [1.29, 1.82) is 0 Å². The summed E-state index contributed by atoms with van der Waals surface area (Å²) in [6, 6.07) is 0. The summed E-state index contributed by atoms with van der Waals surface area (Å²) in [6.07, 6.45) is 6.36. The predicted octanol–water partition coefficient (Wildman–Crippen LogP) is 2.39. The van der Waals surface area contributed by atoms with Crippen LogP contribution in [0.4, 0.5) is 5.82 Å². The largest absolute Gasteiger partial charge is 0.308 e. The molecule has 1 aliphatic rings. The van der Waals surface area contributed by atoms with Gasteiger partial charge < -0.3 is 5.43 Å². The Morgan fingerprint density at radius 1 is 1.20 bits per heavy atom. The van der Waals surface area contributed by atoms with Crippen LogP contribution in [0.1, 0.15) is 47.0 Å². The molecule has 0 bridgehead atoms. The Balaban J connectivity index is 1.93. The number of fused-ring (bicyclic) bond motifs is 1. The van der Waals surface area contributed by atoms with E-state index in [4.69, 9.17) is 10.8 Å². The van der Waals surface area contributed by atoms with Gasteiger partial charge in [0, 0.05) is 22.3 Å². The highest BCUT2D eigenvalue weighted by Gasteiger charge is 2.16. The Bertz CT molecular complexity index is 608. The molecule has 0 aromatic carbocycles. The zero-order chi connectivity index (χ0) is 13.9. The molecule has 0 atom stereocenters. The number of anilines is 1. The number of aryl methyl sites for hydroxylation is 2. The van der Waals surface area contributed by atoms with Gasteiger partial charge in [-0.15, -0.1) is 11.3 Å². The molecule has 3 N–H and O–H groups in total. The first kappa shape index (κ1) is 13.5. The normalized spacial score (nSPS) is 14.7. The number of thiazole rings is 1. The van der Waals surface area contributed by atoms with Crippen molar-refractivity contribution in [2.75, 3.05) is 5.43 Å². The fourth-order valence-electron chi connectivity index (χ4n) is 2.64. The third-order valence-electron chi connectivity index (χ3n) is 3.59. The van der Waals surface area contributed by atoms with E-state index in [1.165, 1.54) is 24.8 Å². The molecule has 6 heteroatoms. The average molecular weight is 289 g/mol. The van der Waals surface area contributed by atoms with Crippen molar-refractivity contribution < 1.29 is 0 Å². The molecule has 20 heavy (non-hydrogen) atoms. The standard InChI is InChI=1S/C14H19N5S/c1-9-8-20-13(16-9)7-12-17-11-6-4-2-3-5-10(11)14(18-12)19-15/h8H,2-7,15H2,1H3,(H,17,18,19). The van der Waals surface area contributed by atoms with Crippen molar-refractivity contribution in [3.63, 3.8) is 0 Å². The lowest BCUT2D eigenvalue weighted by Gasteiger charge is -2.12. The number of rotatable bonds is 3. The topological polar surface area (TPSA) is 76.7 Å². The van der Waals surface area contributed by atoms with Gasteiger partial charge in [0.2, 0.25) is 0 Å². The van der Waals surface area contributed by atoms with Crippen LogP contribution in [0.5, 0.6) is 0 Å². The summed E-state index contributed by atoms with van der Waals surface area (Å²) < 4.78 is 0. The van der Waals surface area contributed by atoms with Crippen LogP contribution in [0, 0.1) is 6.92 Å². The first-order chi connectivity index (χ1) is 9.76. The maximum absolute atomic E-state index is 5.64. The van der Waals surface area contributed by atoms with Gasteiger partial charge in [0.15, 0.2) is 0 Å². The first-order valence-electron chi connectivity index (χ1n) is 7.02. The van der Waals surface area contributed by atoms with Crippen molar-refractivity contribution in [3.8, 4) is 0 Å². The fourth-order valence-corrected chi connectivity index (χ4v) is 3.41. The van der Waals surface area contributed by atoms with Crippen LogP contribution >= 0.6 is 11.3 Å². The molecule has 0 saturated heterocycles. The lowest BCUT2D eigenvalue weighted by molar-refractivity contribution is 0.708. The van der Waals surface area contributed by atoms with E-state index in [1.54, 1.807) is 11.3 Å². The summed E-state index contributed by atoms with van der Waals surface area (Å²) in [5.41, 5.74) is 6.16. The summed E-state index contributed by atoms with van der Waals surface area (Å²) in [7, 11) is 0. The zero-order valence-electron chi connectivity index (χ0n) is 11.6. The molecule has 2 aromatic heterocycles. The van der Waals surface area contributed by atoms with Gasteiger partial charge >= 0.3 is 0 Å². The summed E-state index contributed by atoms with van der Waals surface area (Å²) in [5, 5.41) is 3.11. The monoisotopic (exact) mass is 289 g/mol. The minimum Gasteiger partial charge on any atom is -0.308 e. The van der Waals surface area contributed by atoms with Crippen LogP contribution in [0.2, 0.25) is 0 Å². The average Bonchev–Trinajstić information content (AvgIpc) is 2.71. The van der Waals surface area contributed by atoms with E-state index < -0.39 is 0 Å². The van der Waals surface area contributed by atoms with E-state index in [2.05, 4.69) is 20.8 Å². The maximum atomic E-state index is 5.64. The van der Waals surface area contributed by atoms with Crippen LogP contribution in [-0.4, -0.2) is 15.0 Å². The summed E-state index contributed by atoms with van der Waals surface area (Å²) >= 11 is 1.66. The van der Waals surface area contributed by atoms with E-state index in [0.717, 1.165) is 40.9 Å². The van der Waals surface area contributed by atoms with E-state index in [-0.39, 0.29) is 0 Å². The summed E-state index contributed by atoms with van der Waals surface area (Å²) in [4.78, 5) is 13.8. The van der Waals surface area contributed by atoms with E-state index in [1.807, 2.05) is 6.92 Å². The number of nitrogens with zero attached hydrogens (tertiary/aromatic N) is 3. The second-order valence-corrected chi connectivity index (χ2v) is 6.12. The molecule has 106 valence electrons. The molecule has 0 aliphatic heterocycles. The molecule has 2 heterocycles. The molecule has 0 unspecified atom stereocenters. The van der Waals surface area contributed by atoms with Crippen LogP contribution in [-0.2, 0) is 19.3 Å². The zero-order valence-corrected chi connectivity index (χ0v) is 12.5. The molecule has 1 aliphatic carbocycles. The Kier molecular flexibility index (Phi) is 3.93. The molecule has 0 fully saturated rings. The smallest absolute Gasteiger partial charge is 0.147 e. The number of hydrogen-bond donors (Lipinski definition) is 2. The van der Waals surface area contributed by atoms with Gasteiger partial charge in [-0.25, -0.2) is 20.8 Å². The van der Waals surface area contributed by atoms with Crippen LogP contribution in [0.3, 0.4) is 0 Å². The molecular formula is C14H19N5S. The van der Waals surface area contributed by atoms with Crippen LogP contribution in [0.25, 0.3) is 0 Å². The minimum absolute atomic E-state index is 0.681. The number of nitrogens with two attached hydrogens (primary N) is 1. The predicted molar refractivity (Wildman–Crippen MR) is 80.8 cm³/mol. The molecule has 0 saturated carbocycles. The second kappa shape index (κ2) is 5.85. The highest BCUT2D eigenvalue weighted by molar-refractivity contribution is 7.09. The number of nitrogen functional groups attached to an aromatic ring is 1. The van der Waals surface area contributed by atoms with Crippen LogP contribution in [0.15, 0.2) is 5.38 Å². The first-order valence-corrected chi connectivity index (χ1v) is 7.90. The SMILES string of the molecule is Cc1csc(Cc2nc3c(c(NN)n2)CCCCC3)n1. The minimum atomic E-state index is 0.681. The van der Waals surface area contributed by atoms with Crippen molar-refractivity contribution in [1.82, 2.24) is 15.0 Å². The van der Waals surface area contributed by atoms with Crippen LogP contribution < -0.4 is 11.3 Å². The molecule has 0 amide bonds. The van der Waals surface area contributed by atoms with E-state index in [0.29, 0.717) is 6.42 Å². The lowest BCUT2D eigenvalue weighted by atomic mass is 10.1. The van der Waals surface area contributed by atoms with Gasteiger partial charge in [-0.2, -0.15) is 0 Å². The van der Waals surface area contributed by atoms with Crippen molar-refractivity contribution in [2.45, 2.75) is 45.4 Å². The Morgan fingerprint density at radius 3 is 2.80 bits per heavy atom. The van der Waals surface area contributed by atoms with Gasteiger partial charge in [0.05, 0.1) is 6.42 Å². The second-order valence-electron chi connectivity index (χ2n) is 5.18. The van der Waals surface area contributed by atoms with Gasteiger partial charge in [-0.1, -0.05) is 6.42 Å². The molecule has 5 nitrogen and oxygen atoms in total. The molecule has 0 radical (unpaired) electrons. The Hall–Kier alpha value is -1.53. The van der Waals surface area contributed by atoms with Gasteiger partial charge in [0.25, 0.3) is 0 Å². The molecule has 3 rings (SSSR count). The fraction of sp³-hybridized carbons (Fsp3) is 0.500. The lowest BCUT2D eigenvalue weighted by Crippen LogP contribution is -2.15. The summed E-state index contributed by atoms with van der Waals surface area (Å²) in [5.74, 6) is 7.24. The van der Waals surface area contributed by atoms with Crippen molar-refractivity contribution in [3.05, 3.63) is 33.2 Å². The Morgan fingerprint density at radius 2 is 2.05 bits per heavy atom. The number of nitrogens with one attached hydrogen (secondary N) is 1. The summed E-state index contributed by atoms with van der Waals surface area (Å²) in [6.45, 7) is 2.00. The quantitative estimate of drug-likeness (QED) is 0.515. The van der Waals surface area contributed by atoms with Gasteiger partial charge in [0.1, 0.15) is 16.6 Å². The van der Waals surface area contributed by atoms with Gasteiger partial charge in [-0.05, 0) is 32.6 Å². The van der Waals surface area contributed by atoms with E-state index in [9.17, 15) is 0 Å². The highest BCUT2D eigenvalue weighted by Crippen LogP contribution is 2.25. The number of aromatic nitrogens is 3. The van der Waals surface area contributed by atoms with Crippen molar-refractivity contribution >= 4 is 17.2 Å². The highest BCUT2D eigenvalue weighted by atomic mass is 32.1. The van der Waals surface area contributed by atoms with E-state index >= 15 is 0 Å². The third-order valence-corrected chi connectivity index (χ3v) is 4.56. The maximum Gasteiger partial charge on any atom is 0.147 e. The molecule has 0 spiro atoms. The molecular weight excluding hydrogens is 270 g/mol. The number of hydrogen-bond acceptors (Lipinski definition) is 6. The van der Waals surface area contributed by atoms with Gasteiger partial charge in [-0.3, -0.25) is 0 Å². The number of hydrazine groups is 1. The Labute approximate surface area is 122 Å².